The number of fused-ring (bicyclic) bond motifs is 6. The largest absolute Gasteiger partial charge is 0.482 e. The molecule has 9 aliphatic rings. The number of carboxylic acids is 3. The molecule has 0 amide bonds. The quantitative estimate of drug-likeness (QED) is 0.0231. The number of carbonyl (C=O) groups is 6. The van der Waals surface area contributed by atoms with Gasteiger partial charge in [0.15, 0.2) is 19.8 Å². The van der Waals surface area contributed by atoms with E-state index in [1.165, 1.54) is 16.7 Å². The Morgan fingerprint density at radius 1 is 0.439 bits per heavy atom. The summed E-state index contributed by atoms with van der Waals surface area (Å²) < 4.78 is 33.5. The molecule has 98 heavy (non-hydrogen) atoms. The molecule has 0 heterocycles. The molecule has 21 nitrogen and oxygen atoms in total. The van der Waals surface area contributed by atoms with Crippen LogP contribution in [0.15, 0.2) is 54.6 Å². The van der Waals surface area contributed by atoms with E-state index in [9.17, 15) is 59.4 Å². The van der Waals surface area contributed by atoms with Crippen molar-refractivity contribution in [3.8, 4) is 17.2 Å². The maximum atomic E-state index is 12.2. The fourth-order valence-corrected chi connectivity index (χ4v) is 17.8. The van der Waals surface area contributed by atoms with E-state index in [0.29, 0.717) is 91.3 Å². The van der Waals surface area contributed by atoms with Crippen molar-refractivity contribution in [3.63, 3.8) is 0 Å². The zero-order valence-corrected chi connectivity index (χ0v) is 57.3. The van der Waals surface area contributed by atoms with Gasteiger partial charge in [-0.15, -0.1) is 0 Å². The maximum absolute atomic E-state index is 12.2. The van der Waals surface area contributed by atoms with Crippen LogP contribution in [-0.2, 0) is 81.5 Å². The zero-order valence-electron chi connectivity index (χ0n) is 57.3. The highest BCUT2D eigenvalue weighted by Crippen LogP contribution is 2.52. The van der Waals surface area contributed by atoms with Crippen LogP contribution < -0.4 is 14.2 Å². The lowest BCUT2D eigenvalue weighted by Gasteiger charge is -2.34. The number of hydrogen-bond acceptors (Lipinski definition) is 18. The van der Waals surface area contributed by atoms with Gasteiger partial charge in [-0.1, -0.05) is 57.2 Å². The Bertz CT molecular complexity index is 3190. The van der Waals surface area contributed by atoms with Gasteiger partial charge in [0, 0.05) is 6.42 Å². The summed E-state index contributed by atoms with van der Waals surface area (Å²) in [5.74, 6) is 0.826. The van der Waals surface area contributed by atoms with Gasteiger partial charge in [0.1, 0.15) is 29.5 Å². The van der Waals surface area contributed by atoms with E-state index in [1.807, 2.05) is 57.2 Å². The molecule has 0 radical (unpaired) electrons. The van der Waals surface area contributed by atoms with E-state index in [4.69, 9.17) is 43.7 Å². The van der Waals surface area contributed by atoms with Crippen LogP contribution in [0.2, 0.25) is 0 Å². The summed E-state index contributed by atoms with van der Waals surface area (Å²) in [7, 11) is 0. The molecule has 6 saturated carbocycles. The lowest BCUT2D eigenvalue weighted by molar-refractivity contribution is -0.165. The van der Waals surface area contributed by atoms with Crippen LogP contribution in [0.25, 0.3) is 0 Å². The predicted octanol–water partition coefficient (Wildman–Crippen LogP) is 8.84. The highest BCUT2D eigenvalue weighted by Gasteiger charge is 2.48. The Kier molecular flexibility index (Phi) is 26.0. The summed E-state index contributed by atoms with van der Waals surface area (Å²) in [6.45, 7) is 5.66. The molecule has 0 aromatic heterocycles. The van der Waals surface area contributed by atoms with Crippen molar-refractivity contribution in [2.45, 2.75) is 230 Å². The summed E-state index contributed by atoms with van der Waals surface area (Å²) in [6, 6.07) is 17.8. The number of carboxylic acid groups (broad SMARTS) is 3. The molecule has 15 atom stereocenters. The van der Waals surface area contributed by atoms with Gasteiger partial charge in [0.25, 0.3) is 0 Å². The van der Waals surface area contributed by atoms with E-state index in [-0.39, 0.29) is 117 Å². The zero-order chi connectivity index (χ0) is 69.9. The molecule has 0 bridgehead atoms. The van der Waals surface area contributed by atoms with Crippen molar-refractivity contribution in [2.24, 2.45) is 76.9 Å². The van der Waals surface area contributed by atoms with E-state index in [0.717, 1.165) is 132 Å². The van der Waals surface area contributed by atoms with Gasteiger partial charge in [-0.2, -0.15) is 0 Å². The number of hydrogen-bond donors (Lipinski definition) is 9. The molecule has 540 valence electrons. The van der Waals surface area contributed by atoms with E-state index >= 15 is 0 Å². The SMILES string of the molecule is CC[C@H](O)CC[C@@H]1[C@H]2Cc3cccc(OCC(=O)OC4CC(C(=O)O)C4)c3C[C@H]2C[C@H]1O.CC[C@H](O)CC[C@@H]1[C@H]2Cc3cccc(OCC(=O)OC4CC(CC(=O)O)C4)c3C[C@H]2C[C@H]1O.CC[C@H](O)CC[C@@H]1[C@H]2Cc3cccc(OCC(=O)OCC4CC(C(=O)O)C4)c3C[C@H]2C[C@H]1O. The van der Waals surface area contributed by atoms with Gasteiger partial charge >= 0.3 is 35.8 Å². The Morgan fingerprint density at radius 2 is 0.786 bits per heavy atom. The molecule has 3 aromatic carbocycles. The second kappa shape index (κ2) is 34.3. The second-order valence-electron chi connectivity index (χ2n) is 30.1. The molecular formula is C77H106O21. The van der Waals surface area contributed by atoms with Gasteiger partial charge < -0.3 is 74.4 Å². The number of esters is 3. The molecule has 6 fully saturated rings. The Morgan fingerprint density at radius 3 is 1.13 bits per heavy atom. The number of ether oxygens (including phenoxy) is 6. The highest BCUT2D eigenvalue weighted by atomic mass is 16.6. The molecule has 0 spiro atoms. The molecule has 3 aromatic rings. The standard InChI is InChI=1S/2C26H36O7.C25H34O7/c1-2-19(27)6-7-20-21-10-16-4-3-5-24(22(16)11-17(21)12-23(20)28)32-14-25(29)33-13-15-8-18(9-15)26(30)31;1-2-18(27)6-7-20-21-11-16-4-3-5-24(22(16)12-17(21)13-23(20)28)32-14-26(31)33-19-8-15(9-19)10-25(29)30;1-2-17(26)6-7-19-20-10-14-4-3-5-23(21(14)11-15(20)12-22(19)27)31-13-24(28)32-18-8-16(9-18)25(29)30/h3-5,15,17-21,23,27-28H,2,6-14H2,1H3,(H,30,31);3-5,15,17-21,23,27-28H,2,6-14H2,1H3,(H,29,30);3-5,15-20,22,26-27H,2,6-13H2,1H3,(H,29,30)/t15?,17-,18?,19-,20+,21-,23+;15?,17-,18-,19?,20+,21-,23+;15-,16?,17-,18?,19+,20-,22+/m000/s1. The molecule has 9 N–H and O–H groups in total. The molecule has 9 aliphatic carbocycles. The van der Waals surface area contributed by atoms with Gasteiger partial charge in [0.2, 0.25) is 0 Å². The fourth-order valence-electron chi connectivity index (χ4n) is 17.8. The number of aliphatic hydroxyl groups excluding tert-OH is 6. The van der Waals surface area contributed by atoms with Crippen LogP contribution in [0.1, 0.15) is 176 Å². The normalized spacial score (nSPS) is 31.3. The van der Waals surface area contributed by atoms with Crippen LogP contribution in [-0.4, -0.2) is 157 Å². The lowest BCUT2D eigenvalue weighted by Crippen LogP contribution is -2.38. The van der Waals surface area contributed by atoms with Crippen molar-refractivity contribution in [2.75, 3.05) is 26.4 Å². The minimum atomic E-state index is -0.844. The van der Waals surface area contributed by atoms with Crippen molar-refractivity contribution < 1.29 is 103 Å². The number of rotatable bonds is 29. The third-order valence-electron chi connectivity index (χ3n) is 23.7. The van der Waals surface area contributed by atoms with Crippen molar-refractivity contribution in [3.05, 3.63) is 88.0 Å². The number of benzene rings is 3. The van der Waals surface area contributed by atoms with Crippen molar-refractivity contribution in [1.82, 2.24) is 0 Å². The average molecular weight is 1370 g/mol. The third kappa shape index (κ3) is 19.0. The smallest absolute Gasteiger partial charge is 0.344 e. The lowest BCUT2D eigenvalue weighted by atomic mass is 9.73. The molecule has 21 heteroatoms. The molecule has 0 saturated heterocycles. The van der Waals surface area contributed by atoms with Crippen LogP contribution in [0, 0.1) is 76.9 Å². The molecule has 0 unspecified atom stereocenters. The van der Waals surface area contributed by atoms with Gasteiger partial charge in [0.05, 0.1) is 55.1 Å². The molecular weight excluding hydrogens is 1260 g/mol. The van der Waals surface area contributed by atoms with Crippen molar-refractivity contribution >= 4 is 35.8 Å². The van der Waals surface area contributed by atoms with Gasteiger partial charge in [-0.3, -0.25) is 14.4 Å². The molecule has 12 rings (SSSR count). The monoisotopic (exact) mass is 1370 g/mol. The first-order chi connectivity index (χ1) is 47.0. The first kappa shape index (κ1) is 74.3. The number of carbonyl (C=O) groups excluding carboxylic acids is 3. The minimum Gasteiger partial charge on any atom is -0.482 e. The summed E-state index contributed by atoms with van der Waals surface area (Å²) in [6.07, 6.45) is 15.1. The highest BCUT2D eigenvalue weighted by molar-refractivity contribution is 5.74. The Labute approximate surface area is 575 Å². The summed E-state index contributed by atoms with van der Waals surface area (Å²) in [5, 5.41) is 88.6. The first-order valence-corrected chi connectivity index (χ1v) is 36.6. The van der Waals surface area contributed by atoms with E-state index < -0.39 is 41.7 Å². The van der Waals surface area contributed by atoms with E-state index in [2.05, 4.69) is 18.2 Å². The maximum Gasteiger partial charge on any atom is 0.344 e. The van der Waals surface area contributed by atoms with Gasteiger partial charge in [-0.25, -0.2) is 14.4 Å². The Hall–Kier alpha value is -6.36. The second-order valence-corrected chi connectivity index (χ2v) is 30.1. The van der Waals surface area contributed by atoms with Crippen LogP contribution in [0.5, 0.6) is 17.2 Å². The van der Waals surface area contributed by atoms with Crippen LogP contribution in [0.4, 0.5) is 0 Å². The van der Waals surface area contributed by atoms with Crippen LogP contribution in [0.3, 0.4) is 0 Å². The fraction of sp³-hybridized carbons (Fsp3) is 0.688. The summed E-state index contributed by atoms with van der Waals surface area (Å²) in [4.78, 5) is 69.0. The predicted molar refractivity (Wildman–Crippen MR) is 358 cm³/mol. The topological polar surface area (TPSA) is 340 Å². The van der Waals surface area contributed by atoms with Gasteiger partial charge in [-0.05, 0) is 271 Å². The molecule has 0 aliphatic heterocycles. The summed E-state index contributed by atoms with van der Waals surface area (Å²) >= 11 is 0. The third-order valence-corrected chi connectivity index (χ3v) is 23.7. The van der Waals surface area contributed by atoms with Crippen LogP contribution >= 0.6 is 0 Å². The number of aliphatic hydroxyl groups is 6. The Balaban J connectivity index is 0.000000159. The first-order valence-electron chi connectivity index (χ1n) is 36.6. The van der Waals surface area contributed by atoms with Crippen molar-refractivity contribution in [1.29, 1.82) is 0 Å². The number of aliphatic carboxylic acids is 3. The average Bonchev–Trinajstić information content (AvgIpc) is 1.58. The minimum absolute atomic E-state index is 0.0890. The van der Waals surface area contributed by atoms with E-state index in [1.54, 1.807) is 0 Å². The summed E-state index contributed by atoms with van der Waals surface area (Å²) in [5.41, 5.74) is 6.99.